The monoisotopic (exact) mass is 393 g/mol. The molecule has 0 aliphatic carbocycles. The summed E-state index contributed by atoms with van der Waals surface area (Å²) in [6, 6.07) is 5.84. The van der Waals surface area contributed by atoms with Gasteiger partial charge in [-0.1, -0.05) is 12.1 Å². The average molecular weight is 393 g/mol. The summed E-state index contributed by atoms with van der Waals surface area (Å²) in [6.45, 7) is 8.67. The molecule has 0 spiro atoms. The molecule has 3 atom stereocenters. The molecule has 1 aromatic rings. The number of benzene rings is 1. The molecule has 0 saturated carbocycles. The molecule has 7 heteroatoms. The van der Waals surface area contributed by atoms with Crippen LogP contribution in [0.25, 0.3) is 0 Å². The van der Waals surface area contributed by atoms with Crippen LogP contribution >= 0.6 is 0 Å². The fourth-order valence-corrected chi connectivity index (χ4v) is 3.64. The lowest BCUT2D eigenvalue weighted by atomic mass is 9.81. The van der Waals surface area contributed by atoms with Gasteiger partial charge in [0.15, 0.2) is 0 Å². The second kappa shape index (κ2) is 7.99. The van der Waals surface area contributed by atoms with Crippen LogP contribution in [-0.4, -0.2) is 53.5 Å². The van der Waals surface area contributed by atoms with Gasteiger partial charge in [0.2, 0.25) is 0 Å². The Hall–Kier alpha value is -2.28. The third-order valence-electron chi connectivity index (χ3n) is 4.94. The maximum Gasteiger partial charge on any atom is 0.411 e. The number of amides is 1. The number of aliphatic hydroxyl groups is 1. The normalized spacial score (nSPS) is 22.7. The first-order chi connectivity index (χ1) is 12.9. The summed E-state index contributed by atoms with van der Waals surface area (Å²) in [5.41, 5.74) is -1.08. The van der Waals surface area contributed by atoms with Crippen LogP contribution in [-0.2, 0) is 14.3 Å². The smallest absolute Gasteiger partial charge is 0.411 e. The first kappa shape index (κ1) is 22.0. The molecule has 1 aromatic carbocycles. The van der Waals surface area contributed by atoms with Crippen molar-refractivity contribution in [3.8, 4) is 5.75 Å². The van der Waals surface area contributed by atoms with E-state index in [1.807, 2.05) is 12.1 Å². The number of hydrogen-bond donors (Lipinski definition) is 1. The van der Waals surface area contributed by atoms with Crippen molar-refractivity contribution in [3.05, 3.63) is 29.8 Å². The van der Waals surface area contributed by atoms with E-state index in [0.29, 0.717) is 5.75 Å². The maximum atomic E-state index is 13.1. The molecule has 7 nitrogen and oxygen atoms in total. The van der Waals surface area contributed by atoms with Crippen LogP contribution in [0.5, 0.6) is 5.75 Å². The maximum absolute atomic E-state index is 13.1. The lowest BCUT2D eigenvalue weighted by Gasteiger charge is -2.36. The Kier molecular flexibility index (Phi) is 6.28. The lowest BCUT2D eigenvalue weighted by Crippen LogP contribution is -2.45. The van der Waals surface area contributed by atoms with Crippen LogP contribution in [0.4, 0.5) is 4.79 Å². The van der Waals surface area contributed by atoms with E-state index in [0.717, 1.165) is 5.56 Å². The van der Waals surface area contributed by atoms with Gasteiger partial charge in [-0.25, -0.2) is 9.59 Å². The van der Waals surface area contributed by atoms with Gasteiger partial charge in [-0.3, -0.25) is 4.90 Å². The second-order valence-electron chi connectivity index (χ2n) is 8.64. The minimum absolute atomic E-state index is 0.270. The molecular formula is C21H31NO6. The van der Waals surface area contributed by atoms with E-state index < -0.39 is 41.3 Å². The molecular weight excluding hydrogens is 362 g/mol. The molecule has 0 bridgehead atoms. The van der Waals surface area contributed by atoms with E-state index in [1.54, 1.807) is 53.9 Å². The van der Waals surface area contributed by atoms with Gasteiger partial charge in [0.05, 0.1) is 25.9 Å². The Bertz CT molecular complexity index is 701. The van der Waals surface area contributed by atoms with Crippen molar-refractivity contribution in [2.45, 2.75) is 64.3 Å². The van der Waals surface area contributed by atoms with Gasteiger partial charge in [-0.2, -0.15) is 0 Å². The Morgan fingerprint density at radius 1 is 1.07 bits per heavy atom. The third-order valence-corrected chi connectivity index (χ3v) is 4.94. The predicted molar refractivity (Wildman–Crippen MR) is 104 cm³/mol. The van der Waals surface area contributed by atoms with Crippen LogP contribution in [0.3, 0.4) is 0 Å². The van der Waals surface area contributed by atoms with Crippen LogP contribution < -0.4 is 4.74 Å². The fraction of sp³-hybridized carbons (Fsp3) is 0.619. The molecule has 1 aliphatic rings. The molecule has 1 N–H and O–H groups in total. The summed E-state index contributed by atoms with van der Waals surface area (Å²) < 4.78 is 15.7. The Morgan fingerprint density at radius 3 is 2.07 bits per heavy atom. The molecule has 0 aromatic heterocycles. The van der Waals surface area contributed by atoms with Gasteiger partial charge in [0.25, 0.3) is 0 Å². The van der Waals surface area contributed by atoms with Gasteiger partial charge >= 0.3 is 12.1 Å². The average Bonchev–Trinajstić information content (AvgIpc) is 3.00. The van der Waals surface area contributed by atoms with Crippen molar-refractivity contribution < 1.29 is 28.9 Å². The summed E-state index contributed by atoms with van der Waals surface area (Å²) in [7, 11) is 2.86. The van der Waals surface area contributed by atoms with Gasteiger partial charge < -0.3 is 19.3 Å². The number of carbonyl (C=O) groups excluding carboxylic acids is 2. The standard InChI is InChI=1S/C21H31NO6/c1-20(2,3)28-19(24)22-16(18(23)27-7)12-15(21(4,5)25)17(22)13-8-10-14(26-6)11-9-13/h8-11,15-17,25H,12H2,1-7H3/t15-,16+,17+/m1/s1. The van der Waals surface area contributed by atoms with E-state index in [9.17, 15) is 14.7 Å². The van der Waals surface area contributed by atoms with Crippen molar-refractivity contribution >= 4 is 12.1 Å². The van der Waals surface area contributed by atoms with Crippen LogP contribution in [0.2, 0.25) is 0 Å². The van der Waals surface area contributed by atoms with Crippen molar-refractivity contribution in [3.63, 3.8) is 0 Å². The first-order valence-electron chi connectivity index (χ1n) is 9.34. The van der Waals surface area contributed by atoms with Crippen molar-refractivity contribution in [2.24, 2.45) is 5.92 Å². The highest BCUT2D eigenvalue weighted by atomic mass is 16.6. The number of carbonyl (C=O) groups is 2. The van der Waals surface area contributed by atoms with Crippen molar-refractivity contribution in [1.29, 1.82) is 0 Å². The van der Waals surface area contributed by atoms with E-state index in [1.165, 1.54) is 12.0 Å². The van der Waals surface area contributed by atoms with E-state index in [-0.39, 0.29) is 6.42 Å². The highest BCUT2D eigenvalue weighted by Crippen LogP contribution is 2.47. The Labute approximate surface area is 166 Å². The number of rotatable bonds is 4. The van der Waals surface area contributed by atoms with Crippen LogP contribution in [0, 0.1) is 5.92 Å². The molecule has 1 heterocycles. The van der Waals surface area contributed by atoms with E-state index in [2.05, 4.69) is 0 Å². The fourth-order valence-electron chi connectivity index (χ4n) is 3.64. The number of likely N-dealkylation sites (tertiary alicyclic amines) is 1. The molecule has 1 aliphatic heterocycles. The van der Waals surface area contributed by atoms with E-state index in [4.69, 9.17) is 14.2 Å². The molecule has 0 unspecified atom stereocenters. The molecule has 28 heavy (non-hydrogen) atoms. The van der Waals surface area contributed by atoms with Gasteiger partial charge in [-0.15, -0.1) is 0 Å². The predicted octanol–water partition coefficient (Wildman–Crippen LogP) is 3.31. The highest BCUT2D eigenvalue weighted by molar-refractivity contribution is 5.83. The number of esters is 1. The second-order valence-corrected chi connectivity index (χ2v) is 8.64. The van der Waals surface area contributed by atoms with Crippen LogP contribution in [0.15, 0.2) is 24.3 Å². The SMILES string of the molecule is COC(=O)[C@@H]1C[C@@H](C(C)(C)O)[C@H](c2ccc(OC)cc2)N1C(=O)OC(C)(C)C. The summed E-state index contributed by atoms with van der Waals surface area (Å²) in [6.07, 6.45) is -0.345. The number of nitrogens with zero attached hydrogens (tertiary/aromatic N) is 1. The zero-order chi connectivity index (χ0) is 21.3. The molecule has 1 fully saturated rings. The number of methoxy groups -OCH3 is 2. The first-order valence-corrected chi connectivity index (χ1v) is 9.34. The molecule has 156 valence electrons. The zero-order valence-electron chi connectivity index (χ0n) is 17.7. The largest absolute Gasteiger partial charge is 0.497 e. The molecule has 1 saturated heterocycles. The Morgan fingerprint density at radius 2 is 1.64 bits per heavy atom. The molecule has 2 rings (SSSR count). The topological polar surface area (TPSA) is 85.3 Å². The number of hydrogen-bond acceptors (Lipinski definition) is 6. The van der Waals surface area contributed by atoms with Crippen molar-refractivity contribution in [2.75, 3.05) is 14.2 Å². The Balaban J connectivity index is 2.55. The molecule has 0 radical (unpaired) electrons. The van der Waals surface area contributed by atoms with Gasteiger partial charge in [0, 0.05) is 5.92 Å². The van der Waals surface area contributed by atoms with Gasteiger partial charge in [0.1, 0.15) is 17.4 Å². The lowest BCUT2D eigenvalue weighted by molar-refractivity contribution is -0.146. The van der Waals surface area contributed by atoms with Gasteiger partial charge in [-0.05, 0) is 58.7 Å². The summed E-state index contributed by atoms with van der Waals surface area (Å²) in [5.74, 6) is -0.247. The van der Waals surface area contributed by atoms with Crippen LogP contribution in [0.1, 0.15) is 52.6 Å². The highest BCUT2D eigenvalue weighted by Gasteiger charge is 2.53. The summed E-state index contributed by atoms with van der Waals surface area (Å²) >= 11 is 0. The minimum Gasteiger partial charge on any atom is -0.497 e. The third kappa shape index (κ3) is 4.76. The summed E-state index contributed by atoms with van der Waals surface area (Å²) in [4.78, 5) is 26.9. The summed E-state index contributed by atoms with van der Waals surface area (Å²) in [5, 5.41) is 10.8. The number of ether oxygens (including phenoxy) is 3. The zero-order valence-corrected chi connectivity index (χ0v) is 17.7. The quantitative estimate of drug-likeness (QED) is 0.790. The minimum atomic E-state index is -1.13. The molecule has 1 amide bonds. The van der Waals surface area contributed by atoms with Crippen molar-refractivity contribution in [1.82, 2.24) is 4.90 Å². The van der Waals surface area contributed by atoms with E-state index >= 15 is 0 Å².